The van der Waals surface area contributed by atoms with Crippen LogP contribution in [-0.2, 0) is 0 Å². The predicted octanol–water partition coefficient (Wildman–Crippen LogP) is 8.81. The van der Waals surface area contributed by atoms with Gasteiger partial charge >= 0.3 is 0 Å². The van der Waals surface area contributed by atoms with Gasteiger partial charge < -0.3 is 0 Å². The summed E-state index contributed by atoms with van der Waals surface area (Å²) in [5, 5.41) is 0. The van der Waals surface area contributed by atoms with Crippen molar-refractivity contribution in [1.29, 1.82) is 0 Å². The van der Waals surface area contributed by atoms with Crippen LogP contribution in [-0.4, -0.2) is 0 Å². The highest BCUT2D eigenvalue weighted by atomic mass is 14.0. The third-order valence-corrected chi connectivity index (χ3v) is 4.76. The van der Waals surface area contributed by atoms with Gasteiger partial charge in [-0.25, -0.2) is 0 Å². The van der Waals surface area contributed by atoms with Crippen molar-refractivity contribution in [1.82, 2.24) is 0 Å². The van der Waals surface area contributed by atoms with Crippen LogP contribution < -0.4 is 0 Å². The molecule has 0 unspecified atom stereocenters. The van der Waals surface area contributed by atoms with Crippen LogP contribution in [0.25, 0.3) is 0 Å². The van der Waals surface area contributed by atoms with Crippen LogP contribution in [0.5, 0.6) is 0 Å². The molecular formula is C23H45. The van der Waals surface area contributed by atoms with Gasteiger partial charge in [0.25, 0.3) is 0 Å². The van der Waals surface area contributed by atoms with Crippen LogP contribution >= 0.6 is 0 Å². The van der Waals surface area contributed by atoms with Gasteiger partial charge in [0.05, 0.1) is 0 Å². The molecule has 23 heavy (non-hydrogen) atoms. The molecule has 0 nitrogen and oxygen atoms in total. The molecule has 137 valence electrons. The van der Waals surface area contributed by atoms with Crippen LogP contribution in [0.1, 0.15) is 129 Å². The molecule has 0 bridgehead atoms. The molecule has 0 heterocycles. The van der Waals surface area contributed by atoms with E-state index < -0.39 is 0 Å². The van der Waals surface area contributed by atoms with E-state index in [0.717, 1.165) is 6.42 Å². The Morgan fingerprint density at radius 3 is 1.22 bits per heavy atom. The minimum Gasteiger partial charge on any atom is -0.0885 e. The molecule has 0 aromatic heterocycles. The Morgan fingerprint density at radius 2 is 0.826 bits per heavy atom. The Bertz CT molecular complexity index is 216. The molecule has 0 aromatic rings. The smallest absolute Gasteiger partial charge is 0.0351 e. The zero-order chi connectivity index (χ0) is 16.8. The second-order valence-electron chi connectivity index (χ2n) is 7.21. The van der Waals surface area contributed by atoms with Crippen LogP contribution in [0.15, 0.2) is 12.2 Å². The monoisotopic (exact) mass is 321 g/mol. The normalized spacial score (nSPS) is 11.6. The van der Waals surface area contributed by atoms with Gasteiger partial charge in [-0.2, -0.15) is 0 Å². The largest absolute Gasteiger partial charge is 0.0885 e. The molecule has 0 fully saturated rings. The summed E-state index contributed by atoms with van der Waals surface area (Å²) in [6.07, 6.45) is 31.3. The average molecular weight is 322 g/mol. The molecule has 0 rings (SSSR count). The summed E-state index contributed by atoms with van der Waals surface area (Å²) in [4.78, 5) is 0. The van der Waals surface area contributed by atoms with E-state index in [1.807, 2.05) is 0 Å². The van der Waals surface area contributed by atoms with Crippen LogP contribution in [0.3, 0.4) is 0 Å². The maximum atomic E-state index is 3.90. The first kappa shape index (κ1) is 22.7. The maximum Gasteiger partial charge on any atom is -0.0351 e. The van der Waals surface area contributed by atoms with Crippen LogP contribution in [0, 0.1) is 6.92 Å². The minimum atomic E-state index is 1.12. The topological polar surface area (TPSA) is 0 Å². The summed E-state index contributed by atoms with van der Waals surface area (Å²) in [5.41, 5.74) is 0. The molecule has 0 aromatic carbocycles. The summed E-state index contributed by atoms with van der Waals surface area (Å²) in [6, 6.07) is 0. The third-order valence-electron chi connectivity index (χ3n) is 4.76. The van der Waals surface area contributed by atoms with Crippen molar-refractivity contribution in [2.75, 3.05) is 0 Å². The molecule has 0 spiro atoms. The van der Waals surface area contributed by atoms with E-state index in [0.29, 0.717) is 0 Å². The SMILES string of the molecule is [CH2]CCCCCCCCCCCCC=CCCCCCCCC. The molecule has 0 aliphatic rings. The number of unbranched alkanes of at least 4 members (excludes halogenated alkanes) is 17. The first-order valence-electron chi connectivity index (χ1n) is 10.9. The Labute approximate surface area is 148 Å². The number of hydrogen-bond donors (Lipinski definition) is 0. The predicted molar refractivity (Wildman–Crippen MR) is 108 cm³/mol. The van der Waals surface area contributed by atoms with Crippen molar-refractivity contribution in [3.8, 4) is 0 Å². The fourth-order valence-electron chi connectivity index (χ4n) is 3.13. The summed E-state index contributed by atoms with van der Waals surface area (Å²) in [7, 11) is 0. The highest BCUT2D eigenvalue weighted by Gasteiger charge is 1.92. The van der Waals surface area contributed by atoms with E-state index in [1.165, 1.54) is 116 Å². The van der Waals surface area contributed by atoms with E-state index in [-0.39, 0.29) is 0 Å². The molecular weight excluding hydrogens is 276 g/mol. The van der Waals surface area contributed by atoms with Gasteiger partial charge in [-0.3, -0.25) is 0 Å². The van der Waals surface area contributed by atoms with E-state index in [9.17, 15) is 0 Å². The van der Waals surface area contributed by atoms with Crippen molar-refractivity contribution in [2.45, 2.75) is 129 Å². The van der Waals surface area contributed by atoms with E-state index >= 15 is 0 Å². The lowest BCUT2D eigenvalue weighted by Crippen LogP contribution is -1.82. The molecule has 0 N–H and O–H groups in total. The Balaban J connectivity index is 3.02. The first-order chi connectivity index (χ1) is 11.4. The van der Waals surface area contributed by atoms with Gasteiger partial charge in [-0.1, -0.05) is 122 Å². The van der Waals surface area contributed by atoms with Gasteiger partial charge in [0.2, 0.25) is 0 Å². The minimum absolute atomic E-state index is 1.12. The lowest BCUT2D eigenvalue weighted by Gasteiger charge is -2.01. The summed E-state index contributed by atoms with van der Waals surface area (Å²) < 4.78 is 0. The number of rotatable bonds is 19. The molecule has 1 radical (unpaired) electrons. The summed E-state index contributed by atoms with van der Waals surface area (Å²) >= 11 is 0. The molecule has 0 aliphatic carbocycles. The van der Waals surface area contributed by atoms with E-state index in [4.69, 9.17) is 0 Å². The van der Waals surface area contributed by atoms with Crippen LogP contribution in [0.4, 0.5) is 0 Å². The van der Waals surface area contributed by atoms with Gasteiger partial charge in [0.1, 0.15) is 0 Å². The highest BCUT2D eigenvalue weighted by molar-refractivity contribution is 4.81. The molecule has 0 saturated heterocycles. The summed E-state index contributed by atoms with van der Waals surface area (Å²) in [6.45, 7) is 6.19. The van der Waals surface area contributed by atoms with Gasteiger partial charge in [0, 0.05) is 0 Å². The maximum absolute atomic E-state index is 3.90. The van der Waals surface area contributed by atoms with Crippen molar-refractivity contribution >= 4 is 0 Å². The lowest BCUT2D eigenvalue weighted by atomic mass is 10.1. The molecule has 0 atom stereocenters. The zero-order valence-corrected chi connectivity index (χ0v) is 16.3. The van der Waals surface area contributed by atoms with E-state index in [2.05, 4.69) is 26.0 Å². The van der Waals surface area contributed by atoms with Gasteiger partial charge in [0.15, 0.2) is 0 Å². The molecule has 0 aliphatic heterocycles. The molecule has 0 heteroatoms. The Morgan fingerprint density at radius 1 is 0.478 bits per heavy atom. The Kier molecular flexibility index (Phi) is 21.5. The first-order valence-corrected chi connectivity index (χ1v) is 10.9. The highest BCUT2D eigenvalue weighted by Crippen LogP contribution is 2.12. The number of hydrogen-bond acceptors (Lipinski definition) is 0. The van der Waals surface area contributed by atoms with Crippen molar-refractivity contribution < 1.29 is 0 Å². The Hall–Kier alpha value is -0.260. The van der Waals surface area contributed by atoms with Crippen molar-refractivity contribution in [3.63, 3.8) is 0 Å². The quantitative estimate of drug-likeness (QED) is 0.165. The standard InChI is InChI=1S/C23H45/c1-3-5-7-9-11-13-15-17-19-21-23-22-20-18-16-14-12-10-8-6-4-2/h18,20H,1,3-17,19,21-23H2,2H3. The van der Waals surface area contributed by atoms with Gasteiger partial charge in [-0.15, -0.1) is 0 Å². The van der Waals surface area contributed by atoms with Crippen molar-refractivity contribution in [3.05, 3.63) is 19.1 Å². The molecule has 0 saturated carbocycles. The van der Waals surface area contributed by atoms with Crippen molar-refractivity contribution in [2.24, 2.45) is 0 Å². The second-order valence-corrected chi connectivity index (χ2v) is 7.21. The second kappa shape index (κ2) is 21.7. The number of allylic oxidation sites excluding steroid dienone is 2. The zero-order valence-electron chi connectivity index (χ0n) is 16.3. The van der Waals surface area contributed by atoms with E-state index in [1.54, 1.807) is 0 Å². The van der Waals surface area contributed by atoms with Crippen LogP contribution in [0.2, 0.25) is 0 Å². The summed E-state index contributed by atoms with van der Waals surface area (Å²) in [5.74, 6) is 0. The third kappa shape index (κ3) is 21.7. The fraction of sp³-hybridized carbons (Fsp3) is 0.870. The average Bonchev–Trinajstić information content (AvgIpc) is 2.57. The van der Waals surface area contributed by atoms with Gasteiger partial charge in [-0.05, 0) is 25.7 Å². The molecule has 0 amide bonds. The fourth-order valence-corrected chi connectivity index (χ4v) is 3.13. The lowest BCUT2D eigenvalue weighted by molar-refractivity contribution is 0.553.